The van der Waals surface area contributed by atoms with Gasteiger partial charge in [-0.05, 0) is 24.6 Å². The van der Waals surface area contributed by atoms with Gasteiger partial charge in [-0.25, -0.2) is 13.6 Å². The predicted molar refractivity (Wildman–Crippen MR) is 52.0 cm³/mol. The molecule has 1 aromatic rings. The van der Waals surface area contributed by atoms with Crippen LogP contribution in [-0.4, -0.2) is 8.42 Å². The predicted octanol–water partition coefficient (Wildman–Crippen LogP) is 1.24. The lowest BCUT2D eigenvalue weighted by molar-refractivity contribution is -0.138. The van der Waals surface area contributed by atoms with Crippen LogP contribution < -0.4 is 10.9 Å². The number of benzene rings is 1. The van der Waals surface area contributed by atoms with Crippen LogP contribution in [0.25, 0.3) is 0 Å². The zero-order valence-electron chi connectivity index (χ0n) is 8.17. The number of halogens is 3. The summed E-state index contributed by atoms with van der Waals surface area (Å²) in [4.78, 5) is -0.502. The highest BCUT2D eigenvalue weighted by Crippen LogP contribution is 2.34. The van der Waals surface area contributed by atoms with E-state index in [4.69, 9.17) is 10.9 Å². The van der Waals surface area contributed by atoms with Crippen molar-refractivity contribution in [2.75, 3.05) is 5.73 Å². The van der Waals surface area contributed by atoms with Gasteiger partial charge in [0, 0.05) is 0 Å². The van der Waals surface area contributed by atoms with Crippen molar-refractivity contribution in [3.8, 4) is 0 Å². The molecule has 0 atom stereocenters. The lowest BCUT2D eigenvalue weighted by atomic mass is 10.1. The van der Waals surface area contributed by atoms with Gasteiger partial charge in [0.15, 0.2) is 0 Å². The fourth-order valence-electron chi connectivity index (χ4n) is 1.25. The quantitative estimate of drug-likeness (QED) is 0.739. The van der Waals surface area contributed by atoms with Gasteiger partial charge in [-0.2, -0.15) is 13.2 Å². The van der Waals surface area contributed by atoms with Crippen LogP contribution in [-0.2, 0) is 16.2 Å². The number of sulfonamides is 1. The molecular formula is C8H9F3N2O2S. The zero-order valence-corrected chi connectivity index (χ0v) is 8.98. The Morgan fingerprint density at radius 1 is 1.25 bits per heavy atom. The first-order valence-electron chi connectivity index (χ1n) is 4.03. The van der Waals surface area contributed by atoms with Gasteiger partial charge in [-0.15, -0.1) is 0 Å². The number of anilines is 1. The van der Waals surface area contributed by atoms with E-state index in [1.54, 1.807) is 0 Å². The van der Waals surface area contributed by atoms with Crippen molar-refractivity contribution < 1.29 is 21.6 Å². The zero-order chi connectivity index (χ0) is 12.7. The minimum Gasteiger partial charge on any atom is -0.398 e. The van der Waals surface area contributed by atoms with E-state index in [1.807, 2.05) is 0 Å². The minimum absolute atomic E-state index is 0.245. The summed E-state index contributed by atoms with van der Waals surface area (Å²) in [5.74, 6) is 0. The lowest BCUT2D eigenvalue weighted by Crippen LogP contribution is -2.16. The molecule has 0 amide bonds. The number of hydrogen-bond acceptors (Lipinski definition) is 3. The Bertz CT molecular complexity index is 523. The molecule has 0 aliphatic carbocycles. The van der Waals surface area contributed by atoms with Crippen molar-refractivity contribution in [1.82, 2.24) is 0 Å². The van der Waals surface area contributed by atoms with Gasteiger partial charge in [0.2, 0.25) is 10.0 Å². The van der Waals surface area contributed by atoms with Crippen LogP contribution in [0.2, 0.25) is 0 Å². The first-order chi connectivity index (χ1) is 7.03. The second-order valence-corrected chi connectivity index (χ2v) is 4.78. The maximum atomic E-state index is 12.4. The summed E-state index contributed by atoms with van der Waals surface area (Å²) < 4.78 is 59.2. The molecule has 4 nitrogen and oxygen atoms in total. The van der Waals surface area contributed by atoms with Crippen molar-refractivity contribution in [2.45, 2.75) is 18.0 Å². The topological polar surface area (TPSA) is 86.2 Å². The van der Waals surface area contributed by atoms with Crippen molar-refractivity contribution in [3.05, 3.63) is 23.3 Å². The maximum Gasteiger partial charge on any atom is 0.416 e. The standard InChI is InChI=1S/C8H9F3N2O2S/c1-4-2-7(16(13,14)15)6(12)3-5(4)8(9,10)11/h2-3H,12H2,1H3,(H2,13,14,15). The molecular weight excluding hydrogens is 245 g/mol. The molecule has 0 bridgehead atoms. The molecule has 0 aromatic heterocycles. The second kappa shape index (κ2) is 3.63. The summed E-state index contributed by atoms with van der Waals surface area (Å²) in [7, 11) is -4.11. The molecule has 0 heterocycles. The summed E-state index contributed by atoms with van der Waals surface area (Å²) in [6, 6.07) is 1.38. The van der Waals surface area contributed by atoms with Crippen LogP contribution in [0.4, 0.5) is 18.9 Å². The Hall–Kier alpha value is -1.28. The van der Waals surface area contributed by atoms with Crippen LogP contribution >= 0.6 is 0 Å². The number of alkyl halides is 3. The van der Waals surface area contributed by atoms with Gasteiger partial charge in [-0.1, -0.05) is 0 Å². The fraction of sp³-hybridized carbons (Fsp3) is 0.250. The molecule has 0 aliphatic rings. The molecule has 0 saturated carbocycles. The maximum absolute atomic E-state index is 12.4. The van der Waals surface area contributed by atoms with E-state index in [-0.39, 0.29) is 5.56 Å². The number of hydrogen-bond donors (Lipinski definition) is 2. The number of nitrogen functional groups attached to an aromatic ring is 1. The first kappa shape index (κ1) is 12.8. The number of nitrogens with two attached hydrogens (primary N) is 2. The number of rotatable bonds is 1. The Morgan fingerprint density at radius 3 is 2.12 bits per heavy atom. The van der Waals surface area contributed by atoms with Crippen molar-refractivity contribution in [3.63, 3.8) is 0 Å². The Morgan fingerprint density at radius 2 is 1.75 bits per heavy atom. The molecule has 0 fully saturated rings. The van der Waals surface area contributed by atoms with E-state index in [0.29, 0.717) is 6.07 Å². The van der Waals surface area contributed by atoms with Crippen LogP contribution in [0.15, 0.2) is 17.0 Å². The average Bonchev–Trinajstić information content (AvgIpc) is 2.04. The molecule has 8 heteroatoms. The fourth-order valence-corrected chi connectivity index (χ4v) is 1.98. The van der Waals surface area contributed by atoms with E-state index in [9.17, 15) is 21.6 Å². The van der Waals surface area contributed by atoms with E-state index in [2.05, 4.69) is 0 Å². The summed E-state index contributed by atoms with van der Waals surface area (Å²) in [5.41, 5.74) is 3.48. The minimum atomic E-state index is -4.57. The van der Waals surface area contributed by atoms with Gasteiger partial charge in [0.1, 0.15) is 4.90 Å². The van der Waals surface area contributed by atoms with E-state index in [0.717, 1.165) is 13.0 Å². The lowest BCUT2D eigenvalue weighted by Gasteiger charge is -2.13. The smallest absolute Gasteiger partial charge is 0.398 e. The third-order valence-electron chi connectivity index (χ3n) is 1.97. The third-order valence-corrected chi connectivity index (χ3v) is 2.94. The molecule has 1 aromatic carbocycles. The summed E-state index contributed by atoms with van der Waals surface area (Å²) in [6.45, 7) is 1.14. The van der Waals surface area contributed by atoms with Gasteiger partial charge in [0.25, 0.3) is 0 Å². The van der Waals surface area contributed by atoms with Gasteiger partial charge in [0.05, 0.1) is 11.3 Å². The summed E-state index contributed by atoms with van der Waals surface area (Å²) in [5, 5.41) is 4.80. The molecule has 0 spiro atoms. The van der Waals surface area contributed by atoms with Gasteiger partial charge >= 0.3 is 6.18 Å². The highest BCUT2D eigenvalue weighted by atomic mass is 32.2. The van der Waals surface area contributed by atoms with Crippen LogP contribution in [0.3, 0.4) is 0 Å². The molecule has 16 heavy (non-hydrogen) atoms. The molecule has 0 aliphatic heterocycles. The third kappa shape index (κ3) is 2.45. The van der Waals surface area contributed by atoms with Crippen LogP contribution in [0.5, 0.6) is 0 Å². The van der Waals surface area contributed by atoms with Crippen molar-refractivity contribution >= 4 is 15.7 Å². The van der Waals surface area contributed by atoms with E-state index < -0.39 is 32.3 Å². The normalized spacial score (nSPS) is 12.8. The SMILES string of the molecule is Cc1cc(S(N)(=O)=O)c(N)cc1C(F)(F)F. The first-order valence-corrected chi connectivity index (χ1v) is 5.58. The molecule has 4 N–H and O–H groups in total. The van der Waals surface area contributed by atoms with Crippen LogP contribution in [0, 0.1) is 6.92 Å². The molecule has 0 unspecified atom stereocenters. The number of primary sulfonamides is 1. The monoisotopic (exact) mass is 254 g/mol. The van der Waals surface area contributed by atoms with E-state index in [1.165, 1.54) is 0 Å². The Balaban J connectivity index is 3.52. The average molecular weight is 254 g/mol. The summed E-state index contributed by atoms with van der Waals surface area (Å²) >= 11 is 0. The Kier molecular flexibility index (Phi) is 2.90. The second-order valence-electron chi connectivity index (χ2n) is 3.25. The van der Waals surface area contributed by atoms with Crippen molar-refractivity contribution in [1.29, 1.82) is 0 Å². The number of aryl methyl sites for hydroxylation is 1. The van der Waals surface area contributed by atoms with Gasteiger partial charge in [-0.3, -0.25) is 0 Å². The van der Waals surface area contributed by atoms with E-state index >= 15 is 0 Å². The van der Waals surface area contributed by atoms with Crippen LogP contribution in [0.1, 0.15) is 11.1 Å². The highest BCUT2D eigenvalue weighted by Gasteiger charge is 2.33. The van der Waals surface area contributed by atoms with Crippen molar-refractivity contribution in [2.24, 2.45) is 5.14 Å². The largest absolute Gasteiger partial charge is 0.416 e. The molecule has 0 saturated heterocycles. The molecule has 90 valence electrons. The molecule has 0 radical (unpaired) electrons. The highest BCUT2D eigenvalue weighted by molar-refractivity contribution is 7.89. The van der Waals surface area contributed by atoms with Gasteiger partial charge < -0.3 is 5.73 Å². The summed E-state index contributed by atoms with van der Waals surface area (Å²) in [6.07, 6.45) is -4.57. The Labute approximate surface area is 90.1 Å². The molecule has 1 rings (SSSR count).